The largest absolute Gasteiger partial charge is 0.351 e. The van der Waals surface area contributed by atoms with Crippen LogP contribution in [0.5, 0.6) is 0 Å². The number of aryl methyl sites for hydroxylation is 1. The minimum atomic E-state index is 0.646. The van der Waals surface area contributed by atoms with Crippen molar-refractivity contribution in [1.82, 2.24) is 14.8 Å². The third-order valence-electron chi connectivity index (χ3n) is 3.32. The molecule has 0 aliphatic carbocycles. The van der Waals surface area contributed by atoms with Crippen molar-refractivity contribution in [1.29, 1.82) is 0 Å². The normalized spacial score (nSPS) is 11.6. The molecule has 0 aliphatic rings. The predicted molar refractivity (Wildman–Crippen MR) is 74.2 cm³/mol. The van der Waals surface area contributed by atoms with E-state index in [-0.39, 0.29) is 0 Å². The van der Waals surface area contributed by atoms with E-state index in [0.717, 1.165) is 19.6 Å². The van der Waals surface area contributed by atoms with E-state index in [1.165, 1.54) is 18.7 Å². The average molecular weight is 237 g/mol. The predicted octanol–water partition coefficient (Wildman–Crippen LogP) is 2.33. The van der Waals surface area contributed by atoms with Gasteiger partial charge in [-0.15, -0.1) is 0 Å². The molecule has 0 aliphatic heterocycles. The molecule has 0 spiro atoms. The van der Waals surface area contributed by atoms with Gasteiger partial charge < -0.3 is 14.8 Å². The second-order valence-electron chi connectivity index (χ2n) is 4.89. The van der Waals surface area contributed by atoms with Crippen LogP contribution >= 0.6 is 0 Å². The molecule has 1 N–H and O–H groups in total. The zero-order valence-corrected chi connectivity index (χ0v) is 11.7. The molecule has 0 aromatic carbocycles. The summed E-state index contributed by atoms with van der Waals surface area (Å²) in [5, 5.41) is 3.51. The number of rotatable bonds is 8. The van der Waals surface area contributed by atoms with Crippen LogP contribution in [-0.2, 0) is 13.1 Å². The molecule has 1 heterocycles. The van der Waals surface area contributed by atoms with Gasteiger partial charge in [0.05, 0.1) is 0 Å². The van der Waals surface area contributed by atoms with E-state index in [1.54, 1.807) is 0 Å². The highest BCUT2D eigenvalue weighted by atomic mass is 15.1. The topological polar surface area (TPSA) is 20.2 Å². The van der Waals surface area contributed by atoms with Crippen LogP contribution in [-0.4, -0.2) is 35.6 Å². The zero-order chi connectivity index (χ0) is 12.7. The van der Waals surface area contributed by atoms with Crippen LogP contribution in [0.25, 0.3) is 0 Å². The van der Waals surface area contributed by atoms with Gasteiger partial charge in [0.2, 0.25) is 0 Å². The molecule has 0 saturated carbocycles. The van der Waals surface area contributed by atoms with Gasteiger partial charge >= 0.3 is 0 Å². The highest BCUT2D eigenvalue weighted by Crippen LogP contribution is 2.01. The van der Waals surface area contributed by atoms with Crippen molar-refractivity contribution in [2.24, 2.45) is 0 Å². The van der Waals surface area contributed by atoms with E-state index >= 15 is 0 Å². The zero-order valence-electron chi connectivity index (χ0n) is 11.7. The molecule has 0 amide bonds. The lowest BCUT2D eigenvalue weighted by atomic mass is 10.3. The lowest BCUT2D eigenvalue weighted by Crippen LogP contribution is -2.29. The van der Waals surface area contributed by atoms with Crippen LogP contribution in [0.3, 0.4) is 0 Å². The Labute approximate surface area is 106 Å². The lowest BCUT2D eigenvalue weighted by Gasteiger charge is -2.20. The van der Waals surface area contributed by atoms with Crippen molar-refractivity contribution in [2.45, 2.75) is 46.3 Å². The third kappa shape index (κ3) is 4.92. The fourth-order valence-electron chi connectivity index (χ4n) is 1.85. The number of hydrogen-bond acceptors (Lipinski definition) is 2. The summed E-state index contributed by atoms with van der Waals surface area (Å²) in [4.78, 5) is 2.39. The molecular formula is C14H27N3. The highest BCUT2D eigenvalue weighted by Gasteiger charge is 2.02. The first-order valence-electron chi connectivity index (χ1n) is 6.70. The van der Waals surface area contributed by atoms with Gasteiger partial charge in [0.15, 0.2) is 0 Å². The summed E-state index contributed by atoms with van der Waals surface area (Å²) in [6.45, 7) is 10.9. The molecule has 17 heavy (non-hydrogen) atoms. The molecular weight excluding hydrogens is 210 g/mol. The van der Waals surface area contributed by atoms with Crippen LogP contribution in [0.2, 0.25) is 0 Å². The van der Waals surface area contributed by atoms with Crippen molar-refractivity contribution in [3.8, 4) is 0 Å². The molecule has 1 rings (SSSR count). The van der Waals surface area contributed by atoms with Crippen molar-refractivity contribution < 1.29 is 0 Å². The van der Waals surface area contributed by atoms with Crippen LogP contribution in [0.15, 0.2) is 18.3 Å². The SMILES string of the molecule is CCn1cccc1CNCCCN(C)C(C)C. The summed E-state index contributed by atoms with van der Waals surface area (Å²) in [6.07, 6.45) is 3.35. The van der Waals surface area contributed by atoms with Crippen molar-refractivity contribution in [2.75, 3.05) is 20.1 Å². The standard InChI is InChI=1S/C14H27N3/c1-5-17-11-6-8-14(17)12-15-9-7-10-16(4)13(2)3/h6,8,11,13,15H,5,7,9-10,12H2,1-4H3. The molecule has 98 valence electrons. The molecule has 0 radical (unpaired) electrons. The Morgan fingerprint density at radius 2 is 2.18 bits per heavy atom. The van der Waals surface area contributed by atoms with Crippen molar-refractivity contribution >= 4 is 0 Å². The van der Waals surface area contributed by atoms with Gasteiger partial charge in [-0.25, -0.2) is 0 Å². The van der Waals surface area contributed by atoms with Crippen LogP contribution < -0.4 is 5.32 Å². The Bertz CT molecular complexity index is 304. The monoisotopic (exact) mass is 237 g/mol. The van der Waals surface area contributed by atoms with Crippen LogP contribution in [0.1, 0.15) is 32.9 Å². The molecule has 1 aromatic rings. The summed E-state index contributed by atoms with van der Waals surface area (Å²) in [5.74, 6) is 0. The van der Waals surface area contributed by atoms with E-state index in [4.69, 9.17) is 0 Å². The first kappa shape index (κ1) is 14.3. The number of nitrogens with zero attached hydrogens (tertiary/aromatic N) is 2. The second kappa shape index (κ2) is 7.51. The molecule has 1 aromatic heterocycles. The fourth-order valence-corrected chi connectivity index (χ4v) is 1.85. The smallest absolute Gasteiger partial charge is 0.0359 e. The van der Waals surface area contributed by atoms with E-state index in [0.29, 0.717) is 6.04 Å². The number of hydrogen-bond donors (Lipinski definition) is 1. The van der Waals surface area contributed by atoms with Crippen molar-refractivity contribution in [3.05, 3.63) is 24.0 Å². The van der Waals surface area contributed by atoms with Gasteiger partial charge in [-0.2, -0.15) is 0 Å². The Morgan fingerprint density at radius 3 is 2.82 bits per heavy atom. The summed E-state index contributed by atoms with van der Waals surface area (Å²) >= 11 is 0. The Morgan fingerprint density at radius 1 is 1.41 bits per heavy atom. The van der Waals surface area contributed by atoms with E-state index in [2.05, 4.69) is 60.9 Å². The average Bonchev–Trinajstić information content (AvgIpc) is 2.75. The third-order valence-corrected chi connectivity index (χ3v) is 3.32. The number of nitrogens with one attached hydrogen (secondary N) is 1. The highest BCUT2D eigenvalue weighted by molar-refractivity contribution is 5.06. The van der Waals surface area contributed by atoms with Gasteiger partial charge in [-0.1, -0.05) is 0 Å². The second-order valence-corrected chi connectivity index (χ2v) is 4.89. The maximum Gasteiger partial charge on any atom is 0.0359 e. The van der Waals surface area contributed by atoms with Gasteiger partial charge in [0, 0.05) is 31.0 Å². The van der Waals surface area contributed by atoms with E-state index in [9.17, 15) is 0 Å². The van der Waals surface area contributed by atoms with Gasteiger partial charge in [-0.3, -0.25) is 0 Å². The first-order chi connectivity index (χ1) is 8.15. The molecule has 3 nitrogen and oxygen atoms in total. The van der Waals surface area contributed by atoms with Gasteiger partial charge in [0.1, 0.15) is 0 Å². The minimum absolute atomic E-state index is 0.646. The minimum Gasteiger partial charge on any atom is -0.351 e. The van der Waals surface area contributed by atoms with Gasteiger partial charge in [-0.05, 0) is 59.5 Å². The summed E-state index contributed by atoms with van der Waals surface area (Å²) in [5.41, 5.74) is 1.38. The summed E-state index contributed by atoms with van der Waals surface area (Å²) < 4.78 is 2.28. The van der Waals surface area contributed by atoms with Gasteiger partial charge in [0.25, 0.3) is 0 Å². The Hall–Kier alpha value is -0.800. The first-order valence-corrected chi connectivity index (χ1v) is 6.70. The molecule has 0 fully saturated rings. The molecule has 0 unspecified atom stereocenters. The lowest BCUT2D eigenvalue weighted by molar-refractivity contribution is 0.269. The molecule has 0 saturated heterocycles. The maximum atomic E-state index is 3.51. The molecule has 0 bridgehead atoms. The van der Waals surface area contributed by atoms with Crippen LogP contribution in [0.4, 0.5) is 0 Å². The summed E-state index contributed by atoms with van der Waals surface area (Å²) in [6, 6.07) is 4.95. The van der Waals surface area contributed by atoms with Crippen LogP contribution in [0, 0.1) is 0 Å². The van der Waals surface area contributed by atoms with E-state index in [1.807, 2.05) is 0 Å². The fraction of sp³-hybridized carbons (Fsp3) is 0.714. The van der Waals surface area contributed by atoms with E-state index < -0.39 is 0 Å². The maximum absolute atomic E-state index is 3.51. The molecule has 3 heteroatoms. The van der Waals surface area contributed by atoms with Crippen molar-refractivity contribution in [3.63, 3.8) is 0 Å². The summed E-state index contributed by atoms with van der Waals surface area (Å²) in [7, 11) is 2.19. The quantitative estimate of drug-likeness (QED) is 0.700. The Balaban J connectivity index is 2.12. The Kier molecular flexibility index (Phi) is 6.30. The number of aromatic nitrogens is 1. The molecule has 0 atom stereocenters.